The number of nitrogens with zero attached hydrogens (tertiary/aromatic N) is 1. The van der Waals surface area contributed by atoms with Gasteiger partial charge in [0.05, 0.1) is 6.61 Å². The summed E-state index contributed by atoms with van der Waals surface area (Å²) in [5, 5.41) is 3.74. The minimum atomic E-state index is 0.589. The van der Waals surface area contributed by atoms with Crippen molar-refractivity contribution in [3.8, 4) is 0 Å². The summed E-state index contributed by atoms with van der Waals surface area (Å²) in [7, 11) is 0. The van der Waals surface area contributed by atoms with Gasteiger partial charge in [-0.3, -0.25) is 4.90 Å². The second-order valence-electron chi connectivity index (χ2n) is 6.22. The molecule has 1 saturated heterocycles. The van der Waals surface area contributed by atoms with E-state index in [1.807, 2.05) is 0 Å². The van der Waals surface area contributed by atoms with Gasteiger partial charge in [-0.2, -0.15) is 0 Å². The molecule has 106 valence electrons. The van der Waals surface area contributed by atoms with Crippen LogP contribution < -0.4 is 5.32 Å². The van der Waals surface area contributed by atoms with Crippen LogP contribution in [0.5, 0.6) is 0 Å². The highest BCUT2D eigenvalue weighted by Gasteiger charge is 2.35. The Morgan fingerprint density at radius 2 is 2.11 bits per heavy atom. The molecule has 3 heteroatoms. The van der Waals surface area contributed by atoms with Gasteiger partial charge >= 0.3 is 0 Å². The Kier molecular flexibility index (Phi) is 5.46. The maximum atomic E-state index is 5.70. The number of hydrogen-bond donors (Lipinski definition) is 1. The van der Waals surface area contributed by atoms with Gasteiger partial charge in [-0.1, -0.05) is 13.8 Å². The summed E-state index contributed by atoms with van der Waals surface area (Å²) in [5.41, 5.74) is 0. The van der Waals surface area contributed by atoms with E-state index in [-0.39, 0.29) is 0 Å². The Bertz CT molecular complexity index is 241. The largest absolute Gasteiger partial charge is 0.380 e. The van der Waals surface area contributed by atoms with E-state index in [2.05, 4.69) is 31.0 Å². The van der Waals surface area contributed by atoms with Gasteiger partial charge in [0.1, 0.15) is 0 Å². The molecule has 1 aliphatic carbocycles. The monoisotopic (exact) mass is 254 g/mol. The molecule has 2 fully saturated rings. The summed E-state index contributed by atoms with van der Waals surface area (Å²) in [6.07, 6.45) is 4.14. The lowest BCUT2D eigenvalue weighted by Gasteiger charge is -2.35. The molecule has 0 aromatic heterocycles. The van der Waals surface area contributed by atoms with E-state index in [1.54, 1.807) is 0 Å². The summed E-state index contributed by atoms with van der Waals surface area (Å²) in [5.74, 6) is 1.63. The second kappa shape index (κ2) is 6.88. The van der Waals surface area contributed by atoms with E-state index in [4.69, 9.17) is 4.74 Å². The van der Waals surface area contributed by atoms with Crippen LogP contribution in [0.1, 0.15) is 40.0 Å². The van der Waals surface area contributed by atoms with Crippen LogP contribution >= 0.6 is 0 Å². The van der Waals surface area contributed by atoms with Crippen LogP contribution in [0.2, 0.25) is 0 Å². The SMILES string of the molecule is CCOCC(C(C)C)N1CCCNC(C2CC2)C1. The zero-order chi connectivity index (χ0) is 13.0. The predicted octanol–water partition coefficient (Wildman–Crippen LogP) is 2.12. The fourth-order valence-electron chi connectivity index (χ4n) is 3.05. The first kappa shape index (κ1) is 14.3. The molecule has 2 atom stereocenters. The highest BCUT2D eigenvalue weighted by atomic mass is 16.5. The molecule has 1 N–H and O–H groups in total. The fraction of sp³-hybridized carbons (Fsp3) is 1.00. The van der Waals surface area contributed by atoms with Crippen molar-refractivity contribution in [3.05, 3.63) is 0 Å². The molecular weight excluding hydrogens is 224 g/mol. The van der Waals surface area contributed by atoms with Crippen molar-refractivity contribution in [1.82, 2.24) is 10.2 Å². The van der Waals surface area contributed by atoms with Crippen molar-refractivity contribution in [2.75, 3.05) is 32.8 Å². The summed E-state index contributed by atoms with van der Waals surface area (Å²) in [6, 6.07) is 1.32. The standard InChI is InChI=1S/C15H30N2O/c1-4-18-11-15(12(2)3)17-9-5-8-16-14(10-17)13-6-7-13/h12-16H,4-11H2,1-3H3. The normalized spacial score (nSPS) is 28.3. The minimum Gasteiger partial charge on any atom is -0.380 e. The number of ether oxygens (including phenoxy) is 1. The van der Waals surface area contributed by atoms with Gasteiger partial charge in [-0.25, -0.2) is 0 Å². The third kappa shape index (κ3) is 3.94. The zero-order valence-corrected chi connectivity index (χ0v) is 12.3. The quantitative estimate of drug-likeness (QED) is 0.786. The lowest BCUT2D eigenvalue weighted by Crippen LogP contribution is -2.47. The Morgan fingerprint density at radius 3 is 2.72 bits per heavy atom. The molecule has 1 heterocycles. The van der Waals surface area contributed by atoms with Crippen LogP contribution in [0.25, 0.3) is 0 Å². The predicted molar refractivity (Wildman–Crippen MR) is 75.8 cm³/mol. The van der Waals surface area contributed by atoms with Crippen LogP contribution in [0, 0.1) is 11.8 Å². The first-order chi connectivity index (χ1) is 8.72. The molecule has 1 aliphatic heterocycles. The van der Waals surface area contributed by atoms with Gasteiger partial charge in [0.25, 0.3) is 0 Å². The molecule has 0 bridgehead atoms. The fourth-order valence-corrected chi connectivity index (χ4v) is 3.05. The minimum absolute atomic E-state index is 0.589. The van der Waals surface area contributed by atoms with Crippen LogP contribution in [-0.4, -0.2) is 49.8 Å². The van der Waals surface area contributed by atoms with Crippen molar-refractivity contribution in [2.45, 2.75) is 52.1 Å². The molecule has 2 unspecified atom stereocenters. The van der Waals surface area contributed by atoms with E-state index >= 15 is 0 Å². The molecule has 0 spiro atoms. The van der Waals surface area contributed by atoms with Crippen molar-refractivity contribution in [1.29, 1.82) is 0 Å². The van der Waals surface area contributed by atoms with E-state index in [1.165, 1.54) is 38.9 Å². The maximum absolute atomic E-state index is 5.70. The first-order valence-corrected chi connectivity index (χ1v) is 7.77. The molecule has 3 nitrogen and oxygen atoms in total. The molecule has 2 aliphatic rings. The number of nitrogens with one attached hydrogen (secondary N) is 1. The molecule has 1 saturated carbocycles. The van der Waals surface area contributed by atoms with Gasteiger partial charge in [0.2, 0.25) is 0 Å². The average molecular weight is 254 g/mol. The summed E-state index contributed by atoms with van der Waals surface area (Å²) >= 11 is 0. The van der Waals surface area contributed by atoms with Gasteiger partial charge < -0.3 is 10.1 Å². The molecule has 0 radical (unpaired) electrons. The summed E-state index contributed by atoms with van der Waals surface area (Å²) in [4.78, 5) is 2.68. The molecule has 0 aromatic carbocycles. The molecule has 0 amide bonds. The lowest BCUT2D eigenvalue weighted by molar-refractivity contribution is 0.0423. The number of hydrogen-bond acceptors (Lipinski definition) is 3. The smallest absolute Gasteiger partial charge is 0.0624 e. The van der Waals surface area contributed by atoms with Gasteiger partial charge in [0.15, 0.2) is 0 Å². The topological polar surface area (TPSA) is 24.5 Å². The average Bonchev–Trinajstić information content (AvgIpc) is 3.15. The Morgan fingerprint density at radius 1 is 1.33 bits per heavy atom. The highest BCUT2D eigenvalue weighted by molar-refractivity contribution is 4.91. The third-order valence-electron chi connectivity index (χ3n) is 4.38. The maximum Gasteiger partial charge on any atom is 0.0624 e. The first-order valence-electron chi connectivity index (χ1n) is 7.77. The van der Waals surface area contributed by atoms with E-state index in [9.17, 15) is 0 Å². The van der Waals surface area contributed by atoms with E-state index < -0.39 is 0 Å². The van der Waals surface area contributed by atoms with Crippen molar-refractivity contribution in [2.24, 2.45) is 11.8 Å². The Balaban J connectivity index is 1.93. The van der Waals surface area contributed by atoms with Crippen LogP contribution in [0.4, 0.5) is 0 Å². The van der Waals surface area contributed by atoms with Crippen LogP contribution in [0.15, 0.2) is 0 Å². The molecular formula is C15H30N2O. The second-order valence-corrected chi connectivity index (χ2v) is 6.22. The molecule has 0 aromatic rings. The lowest BCUT2D eigenvalue weighted by atomic mass is 10.0. The van der Waals surface area contributed by atoms with E-state index in [0.717, 1.165) is 25.2 Å². The van der Waals surface area contributed by atoms with Crippen molar-refractivity contribution < 1.29 is 4.74 Å². The van der Waals surface area contributed by atoms with Crippen LogP contribution in [0.3, 0.4) is 0 Å². The van der Waals surface area contributed by atoms with Gasteiger partial charge in [-0.15, -0.1) is 0 Å². The zero-order valence-electron chi connectivity index (χ0n) is 12.3. The third-order valence-corrected chi connectivity index (χ3v) is 4.38. The molecule has 2 rings (SSSR count). The van der Waals surface area contributed by atoms with Gasteiger partial charge in [0, 0.05) is 25.2 Å². The van der Waals surface area contributed by atoms with E-state index in [0.29, 0.717) is 12.0 Å². The molecule has 18 heavy (non-hydrogen) atoms. The summed E-state index contributed by atoms with van der Waals surface area (Å²) < 4.78 is 5.70. The van der Waals surface area contributed by atoms with Crippen molar-refractivity contribution in [3.63, 3.8) is 0 Å². The van der Waals surface area contributed by atoms with Crippen LogP contribution in [-0.2, 0) is 4.74 Å². The van der Waals surface area contributed by atoms with Crippen molar-refractivity contribution >= 4 is 0 Å². The Labute approximate surface area is 112 Å². The number of rotatable bonds is 6. The summed E-state index contributed by atoms with van der Waals surface area (Å²) in [6.45, 7) is 12.1. The highest BCUT2D eigenvalue weighted by Crippen LogP contribution is 2.34. The van der Waals surface area contributed by atoms with Gasteiger partial charge in [-0.05, 0) is 51.1 Å². The Hall–Kier alpha value is -0.120.